The maximum Gasteiger partial charge on any atom is 0.0642 e. The molecule has 80 valence electrons. The standard InChI is InChI=1S/C12H26O/c1-4-7-8-9-10-11-12(13,5-2)6-3/h13H,4-11H2,1-3H3. The molecular weight excluding hydrogens is 160 g/mol. The fourth-order valence-corrected chi connectivity index (χ4v) is 1.66. The van der Waals surface area contributed by atoms with E-state index in [2.05, 4.69) is 20.8 Å². The van der Waals surface area contributed by atoms with Gasteiger partial charge in [0.1, 0.15) is 0 Å². The molecule has 0 aliphatic carbocycles. The van der Waals surface area contributed by atoms with Crippen LogP contribution in [0.2, 0.25) is 0 Å². The first kappa shape index (κ1) is 13.0. The molecule has 13 heavy (non-hydrogen) atoms. The van der Waals surface area contributed by atoms with Crippen molar-refractivity contribution in [2.45, 2.75) is 77.7 Å². The highest BCUT2D eigenvalue weighted by Crippen LogP contribution is 2.22. The van der Waals surface area contributed by atoms with E-state index in [0.717, 1.165) is 19.3 Å². The quantitative estimate of drug-likeness (QED) is 0.570. The highest BCUT2D eigenvalue weighted by Gasteiger charge is 2.20. The van der Waals surface area contributed by atoms with E-state index >= 15 is 0 Å². The molecule has 0 aromatic heterocycles. The van der Waals surface area contributed by atoms with Crippen LogP contribution < -0.4 is 0 Å². The molecule has 1 heteroatoms. The van der Waals surface area contributed by atoms with Crippen molar-refractivity contribution in [1.82, 2.24) is 0 Å². The van der Waals surface area contributed by atoms with Gasteiger partial charge in [-0.25, -0.2) is 0 Å². The molecule has 0 saturated heterocycles. The van der Waals surface area contributed by atoms with Gasteiger partial charge in [-0.15, -0.1) is 0 Å². The summed E-state index contributed by atoms with van der Waals surface area (Å²) in [5, 5.41) is 9.99. The van der Waals surface area contributed by atoms with E-state index in [4.69, 9.17) is 0 Å². The second-order valence-corrected chi connectivity index (χ2v) is 4.10. The Morgan fingerprint density at radius 2 is 1.38 bits per heavy atom. The Hall–Kier alpha value is -0.0400. The van der Waals surface area contributed by atoms with Crippen molar-refractivity contribution in [1.29, 1.82) is 0 Å². The highest BCUT2D eigenvalue weighted by atomic mass is 16.3. The van der Waals surface area contributed by atoms with Crippen molar-refractivity contribution in [3.8, 4) is 0 Å². The summed E-state index contributed by atoms with van der Waals surface area (Å²) in [5.41, 5.74) is -0.369. The number of unbranched alkanes of at least 4 members (excludes halogenated alkanes) is 4. The van der Waals surface area contributed by atoms with Crippen LogP contribution in [-0.4, -0.2) is 10.7 Å². The Kier molecular flexibility index (Phi) is 7.35. The molecule has 1 N–H and O–H groups in total. The average molecular weight is 186 g/mol. The van der Waals surface area contributed by atoms with Gasteiger partial charge in [0, 0.05) is 0 Å². The van der Waals surface area contributed by atoms with Crippen LogP contribution in [0, 0.1) is 0 Å². The lowest BCUT2D eigenvalue weighted by atomic mass is 9.90. The van der Waals surface area contributed by atoms with Crippen LogP contribution in [0.25, 0.3) is 0 Å². The minimum Gasteiger partial charge on any atom is -0.390 e. The summed E-state index contributed by atoms with van der Waals surface area (Å²) >= 11 is 0. The first-order valence-corrected chi connectivity index (χ1v) is 5.91. The summed E-state index contributed by atoms with van der Waals surface area (Å²) in [7, 11) is 0. The number of rotatable bonds is 8. The molecule has 0 aromatic rings. The summed E-state index contributed by atoms with van der Waals surface area (Å²) in [4.78, 5) is 0. The second kappa shape index (κ2) is 7.37. The molecule has 0 spiro atoms. The zero-order valence-corrected chi connectivity index (χ0v) is 9.60. The molecule has 0 unspecified atom stereocenters. The van der Waals surface area contributed by atoms with E-state index in [9.17, 15) is 5.11 Å². The Morgan fingerprint density at radius 1 is 0.846 bits per heavy atom. The Balaban J connectivity index is 3.39. The number of aliphatic hydroxyl groups is 1. The van der Waals surface area contributed by atoms with Gasteiger partial charge in [0.05, 0.1) is 5.60 Å². The SMILES string of the molecule is CCCCCCCC(O)(CC)CC. The van der Waals surface area contributed by atoms with Crippen LogP contribution >= 0.6 is 0 Å². The van der Waals surface area contributed by atoms with E-state index in [0.29, 0.717) is 0 Å². The maximum absolute atomic E-state index is 9.99. The Bertz CT molecular complexity index is 106. The molecule has 0 aliphatic rings. The molecule has 0 saturated carbocycles. The van der Waals surface area contributed by atoms with Crippen molar-refractivity contribution in [2.24, 2.45) is 0 Å². The third-order valence-corrected chi connectivity index (χ3v) is 3.06. The first-order valence-electron chi connectivity index (χ1n) is 5.91. The molecule has 0 atom stereocenters. The predicted molar refractivity (Wildman–Crippen MR) is 58.9 cm³/mol. The number of hydrogen-bond donors (Lipinski definition) is 1. The fourth-order valence-electron chi connectivity index (χ4n) is 1.66. The van der Waals surface area contributed by atoms with Crippen LogP contribution in [0.5, 0.6) is 0 Å². The highest BCUT2D eigenvalue weighted by molar-refractivity contribution is 4.74. The zero-order valence-electron chi connectivity index (χ0n) is 9.60. The van der Waals surface area contributed by atoms with Gasteiger partial charge in [0.15, 0.2) is 0 Å². The van der Waals surface area contributed by atoms with Crippen molar-refractivity contribution >= 4 is 0 Å². The Labute approximate surface area is 83.5 Å². The average Bonchev–Trinajstić information content (AvgIpc) is 2.17. The minimum atomic E-state index is -0.369. The van der Waals surface area contributed by atoms with Crippen molar-refractivity contribution in [2.75, 3.05) is 0 Å². The van der Waals surface area contributed by atoms with E-state index in [1.54, 1.807) is 0 Å². The van der Waals surface area contributed by atoms with Crippen LogP contribution in [0.4, 0.5) is 0 Å². The molecule has 0 rings (SSSR count). The van der Waals surface area contributed by atoms with E-state index in [1.807, 2.05) is 0 Å². The third kappa shape index (κ3) is 6.09. The molecule has 0 amide bonds. The van der Waals surface area contributed by atoms with Crippen LogP contribution in [0.15, 0.2) is 0 Å². The molecule has 0 heterocycles. The van der Waals surface area contributed by atoms with Gasteiger partial charge in [-0.05, 0) is 19.3 Å². The van der Waals surface area contributed by atoms with Gasteiger partial charge in [-0.3, -0.25) is 0 Å². The van der Waals surface area contributed by atoms with E-state index < -0.39 is 0 Å². The molecule has 0 aromatic carbocycles. The number of hydrogen-bond acceptors (Lipinski definition) is 1. The zero-order chi connectivity index (χ0) is 10.2. The van der Waals surface area contributed by atoms with Crippen LogP contribution in [0.1, 0.15) is 72.1 Å². The molecule has 0 aliphatic heterocycles. The molecule has 0 radical (unpaired) electrons. The summed E-state index contributed by atoms with van der Waals surface area (Å²) in [6.45, 7) is 6.39. The smallest absolute Gasteiger partial charge is 0.0642 e. The molecule has 0 bridgehead atoms. The minimum absolute atomic E-state index is 0.369. The summed E-state index contributed by atoms with van der Waals surface area (Å²) < 4.78 is 0. The first-order chi connectivity index (χ1) is 6.18. The van der Waals surface area contributed by atoms with Crippen LogP contribution in [-0.2, 0) is 0 Å². The summed E-state index contributed by atoms with van der Waals surface area (Å²) in [6, 6.07) is 0. The van der Waals surface area contributed by atoms with Gasteiger partial charge in [-0.2, -0.15) is 0 Å². The lowest BCUT2D eigenvalue weighted by molar-refractivity contribution is 0.0211. The summed E-state index contributed by atoms with van der Waals surface area (Å²) in [5.74, 6) is 0. The topological polar surface area (TPSA) is 20.2 Å². The second-order valence-electron chi connectivity index (χ2n) is 4.10. The monoisotopic (exact) mass is 186 g/mol. The largest absolute Gasteiger partial charge is 0.390 e. The van der Waals surface area contributed by atoms with Gasteiger partial charge in [0.2, 0.25) is 0 Å². The normalized spacial score (nSPS) is 12.0. The van der Waals surface area contributed by atoms with E-state index in [-0.39, 0.29) is 5.60 Å². The summed E-state index contributed by atoms with van der Waals surface area (Å²) in [6.07, 6.45) is 9.25. The molecule has 0 fully saturated rings. The van der Waals surface area contributed by atoms with Gasteiger partial charge in [-0.1, -0.05) is 52.9 Å². The lowest BCUT2D eigenvalue weighted by Crippen LogP contribution is -2.26. The fraction of sp³-hybridized carbons (Fsp3) is 1.00. The molecule has 1 nitrogen and oxygen atoms in total. The van der Waals surface area contributed by atoms with Gasteiger partial charge in [0.25, 0.3) is 0 Å². The third-order valence-electron chi connectivity index (χ3n) is 3.06. The van der Waals surface area contributed by atoms with Gasteiger partial charge >= 0.3 is 0 Å². The van der Waals surface area contributed by atoms with Crippen molar-refractivity contribution < 1.29 is 5.11 Å². The predicted octanol–water partition coefficient (Wildman–Crippen LogP) is 3.90. The van der Waals surface area contributed by atoms with Crippen molar-refractivity contribution in [3.05, 3.63) is 0 Å². The Morgan fingerprint density at radius 3 is 1.85 bits per heavy atom. The van der Waals surface area contributed by atoms with Crippen LogP contribution in [0.3, 0.4) is 0 Å². The van der Waals surface area contributed by atoms with Crippen molar-refractivity contribution in [3.63, 3.8) is 0 Å². The van der Waals surface area contributed by atoms with E-state index in [1.165, 1.54) is 32.1 Å². The molecular formula is C12H26O. The van der Waals surface area contributed by atoms with Gasteiger partial charge < -0.3 is 5.11 Å². The lowest BCUT2D eigenvalue weighted by Gasteiger charge is -2.24. The maximum atomic E-state index is 9.99.